The largest absolute Gasteiger partial charge is 0.478 e. The van der Waals surface area contributed by atoms with Gasteiger partial charge in [0.25, 0.3) is 5.56 Å². The van der Waals surface area contributed by atoms with Gasteiger partial charge in [0, 0.05) is 26.1 Å². The molecule has 0 unspecified atom stereocenters. The van der Waals surface area contributed by atoms with Gasteiger partial charge in [0.1, 0.15) is 0 Å². The molecule has 1 aromatic heterocycles. The van der Waals surface area contributed by atoms with Crippen LogP contribution in [-0.2, 0) is 10.3 Å². The fourth-order valence-electron chi connectivity index (χ4n) is 2.51. The van der Waals surface area contributed by atoms with Crippen LogP contribution in [0, 0.1) is 0 Å². The number of carbonyl (C=O) groups is 1. The second-order valence-corrected chi connectivity index (χ2v) is 5.49. The smallest absolute Gasteiger partial charge is 0.337 e. The Hall–Kier alpha value is -1.14. The number of pyridine rings is 1. The van der Waals surface area contributed by atoms with E-state index in [0.29, 0.717) is 0 Å². The highest BCUT2D eigenvalue weighted by atomic mass is 79.9. The quantitative estimate of drug-likeness (QED) is 0.910. The lowest BCUT2D eigenvalue weighted by molar-refractivity contribution is 0.0695. The molecule has 17 heavy (non-hydrogen) atoms. The third-order valence-electron chi connectivity index (χ3n) is 3.83. The number of aromatic nitrogens is 1. The molecule has 1 heterocycles. The summed E-state index contributed by atoms with van der Waals surface area (Å²) in [4.78, 5) is 22.9. The van der Waals surface area contributed by atoms with E-state index in [0.717, 1.165) is 12.8 Å². The van der Waals surface area contributed by atoms with E-state index in [1.807, 2.05) is 0 Å². The molecule has 0 spiro atoms. The number of hydrogen-bond acceptors (Lipinski definition) is 3. The Morgan fingerprint density at radius 1 is 1.59 bits per heavy atom. The van der Waals surface area contributed by atoms with Crippen LogP contribution in [0.2, 0.25) is 0 Å². The maximum atomic E-state index is 12.0. The van der Waals surface area contributed by atoms with Crippen molar-refractivity contribution < 1.29 is 14.6 Å². The van der Waals surface area contributed by atoms with E-state index in [9.17, 15) is 9.59 Å². The summed E-state index contributed by atoms with van der Waals surface area (Å²) in [5, 5.41) is 8.98. The zero-order valence-corrected chi connectivity index (χ0v) is 10.7. The third-order valence-corrected chi connectivity index (χ3v) is 4.39. The average Bonchev–Trinajstić information content (AvgIpc) is 3.07. The Bertz CT molecular complexity index is 586. The van der Waals surface area contributed by atoms with Crippen LogP contribution in [0.1, 0.15) is 23.2 Å². The van der Waals surface area contributed by atoms with E-state index in [-0.39, 0.29) is 26.7 Å². The van der Waals surface area contributed by atoms with Gasteiger partial charge in [0.2, 0.25) is 0 Å². The topological polar surface area (TPSA) is 68.5 Å². The van der Waals surface area contributed by atoms with E-state index in [1.54, 1.807) is 7.11 Å². The van der Waals surface area contributed by atoms with Gasteiger partial charge < -0.3 is 14.4 Å². The fraction of sp³-hybridized carbons (Fsp3) is 0.455. The van der Waals surface area contributed by atoms with Crippen molar-refractivity contribution in [2.45, 2.75) is 24.0 Å². The van der Waals surface area contributed by atoms with Crippen LogP contribution in [-0.4, -0.2) is 28.4 Å². The molecular weight excluding hydrogens is 290 g/mol. The molecular formula is C11H10BrNO4. The molecule has 5 nitrogen and oxygen atoms in total. The molecule has 0 amide bonds. The van der Waals surface area contributed by atoms with Crippen molar-refractivity contribution in [1.29, 1.82) is 0 Å². The second kappa shape index (κ2) is 3.00. The molecule has 0 radical (unpaired) electrons. The molecule has 0 bridgehead atoms. The summed E-state index contributed by atoms with van der Waals surface area (Å²) in [7, 11) is 1.62. The van der Waals surface area contributed by atoms with Crippen molar-refractivity contribution in [3.63, 3.8) is 0 Å². The number of methoxy groups -OCH3 is 1. The summed E-state index contributed by atoms with van der Waals surface area (Å²) < 4.78 is 7.13. The van der Waals surface area contributed by atoms with Gasteiger partial charge in [-0.3, -0.25) is 4.79 Å². The van der Waals surface area contributed by atoms with E-state index in [1.165, 1.54) is 16.8 Å². The number of nitrogens with zero attached hydrogens (tertiary/aromatic N) is 1. The molecule has 2 aliphatic rings. The van der Waals surface area contributed by atoms with Crippen molar-refractivity contribution in [2.75, 3.05) is 7.11 Å². The first-order valence-corrected chi connectivity index (χ1v) is 5.96. The molecule has 1 aromatic rings. The number of fused-ring (bicyclic) bond motifs is 1. The second-order valence-electron chi connectivity index (χ2n) is 4.64. The Kier molecular flexibility index (Phi) is 1.94. The highest BCUT2D eigenvalue weighted by Crippen LogP contribution is 2.77. The van der Waals surface area contributed by atoms with Crippen molar-refractivity contribution >= 4 is 21.9 Å². The van der Waals surface area contributed by atoms with Crippen molar-refractivity contribution in [2.24, 2.45) is 0 Å². The molecule has 0 aromatic carbocycles. The van der Waals surface area contributed by atoms with Crippen molar-refractivity contribution in [3.8, 4) is 0 Å². The number of hydrogen-bond donors (Lipinski definition) is 1. The molecule has 0 atom stereocenters. The predicted octanol–water partition coefficient (Wildman–Crippen LogP) is 1.20. The van der Waals surface area contributed by atoms with Crippen LogP contribution in [0.15, 0.2) is 21.5 Å². The number of carboxylic acids is 1. The molecule has 2 saturated carbocycles. The van der Waals surface area contributed by atoms with Gasteiger partial charge in [-0.05, 0) is 22.0 Å². The third kappa shape index (κ3) is 1.22. The number of rotatable bonds is 3. The minimum Gasteiger partial charge on any atom is -0.478 e. The predicted molar refractivity (Wildman–Crippen MR) is 62.3 cm³/mol. The Morgan fingerprint density at radius 3 is 2.71 bits per heavy atom. The van der Waals surface area contributed by atoms with Crippen LogP contribution in [0.25, 0.3) is 0 Å². The van der Waals surface area contributed by atoms with Crippen LogP contribution in [0.3, 0.4) is 0 Å². The minimum absolute atomic E-state index is 0.106. The standard InChI is InChI=1S/C11H10BrNO4/c1-17-11-4-10(11,5-11)13-3-6(9(15)16)2-7(12)8(13)14/h2-3H,4-5H2,1H3,(H,15,16). The van der Waals surface area contributed by atoms with Crippen molar-refractivity contribution in [3.05, 3.63) is 32.7 Å². The van der Waals surface area contributed by atoms with Gasteiger partial charge in [-0.25, -0.2) is 4.79 Å². The van der Waals surface area contributed by atoms with E-state index >= 15 is 0 Å². The monoisotopic (exact) mass is 299 g/mol. The molecule has 0 aliphatic heterocycles. The first kappa shape index (κ1) is 11.0. The van der Waals surface area contributed by atoms with Gasteiger partial charge >= 0.3 is 5.97 Å². The number of halogens is 1. The molecule has 1 N–H and O–H groups in total. The van der Waals surface area contributed by atoms with Gasteiger partial charge in [-0.15, -0.1) is 0 Å². The molecule has 6 heteroatoms. The summed E-state index contributed by atoms with van der Waals surface area (Å²) >= 11 is 3.11. The lowest BCUT2D eigenvalue weighted by Crippen LogP contribution is -2.27. The lowest BCUT2D eigenvalue weighted by atomic mass is 10.2. The number of carboxylic acid groups (broad SMARTS) is 1. The minimum atomic E-state index is -1.04. The highest BCUT2D eigenvalue weighted by molar-refractivity contribution is 9.10. The molecule has 0 saturated heterocycles. The van der Waals surface area contributed by atoms with Crippen LogP contribution < -0.4 is 5.56 Å². The zero-order valence-electron chi connectivity index (χ0n) is 9.07. The van der Waals surface area contributed by atoms with E-state index < -0.39 is 5.97 Å². The molecule has 2 fully saturated rings. The summed E-state index contributed by atoms with van der Waals surface area (Å²) in [6, 6.07) is 1.33. The van der Waals surface area contributed by atoms with Gasteiger partial charge in [0.05, 0.1) is 21.2 Å². The van der Waals surface area contributed by atoms with Gasteiger partial charge in [-0.1, -0.05) is 0 Å². The van der Waals surface area contributed by atoms with Crippen LogP contribution in [0.4, 0.5) is 0 Å². The summed E-state index contributed by atoms with van der Waals surface area (Å²) in [6.07, 6.45) is 2.97. The molecule has 90 valence electrons. The molecule has 2 aliphatic carbocycles. The fourth-order valence-corrected chi connectivity index (χ4v) is 2.95. The molecule has 3 rings (SSSR count). The number of ether oxygens (including phenoxy) is 1. The first-order valence-electron chi connectivity index (χ1n) is 5.17. The van der Waals surface area contributed by atoms with Crippen molar-refractivity contribution in [1.82, 2.24) is 4.57 Å². The average molecular weight is 300 g/mol. The van der Waals surface area contributed by atoms with E-state index in [2.05, 4.69) is 15.9 Å². The Labute approximate surface area is 105 Å². The zero-order chi connectivity index (χ0) is 12.4. The Morgan fingerprint density at radius 2 is 2.24 bits per heavy atom. The van der Waals surface area contributed by atoms with Gasteiger partial charge in [-0.2, -0.15) is 0 Å². The maximum Gasteiger partial charge on any atom is 0.337 e. The summed E-state index contributed by atoms with van der Waals surface area (Å²) in [6.45, 7) is 0. The van der Waals surface area contributed by atoms with Crippen LogP contribution in [0.5, 0.6) is 0 Å². The van der Waals surface area contributed by atoms with Gasteiger partial charge in [0.15, 0.2) is 0 Å². The van der Waals surface area contributed by atoms with Crippen LogP contribution >= 0.6 is 15.9 Å². The first-order chi connectivity index (χ1) is 7.96. The summed E-state index contributed by atoms with van der Waals surface area (Å²) in [5.74, 6) is -1.04. The lowest BCUT2D eigenvalue weighted by Gasteiger charge is -2.09. The normalized spacial score (nSPS) is 33.1. The Balaban J connectivity index is 2.13. The highest BCUT2D eigenvalue weighted by Gasteiger charge is 2.86. The number of aromatic carboxylic acids is 1. The van der Waals surface area contributed by atoms with E-state index in [4.69, 9.17) is 9.84 Å². The SMILES string of the molecule is COC12CC1(n1cc(C(=O)O)cc(Br)c1=O)C2. The summed E-state index contributed by atoms with van der Waals surface area (Å²) in [5.41, 5.74) is -0.624. The maximum absolute atomic E-state index is 12.0.